The molecule has 2 aromatic rings. The van der Waals surface area contributed by atoms with Gasteiger partial charge in [0.25, 0.3) is 0 Å². The highest BCUT2D eigenvalue weighted by molar-refractivity contribution is 6.30. The van der Waals surface area contributed by atoms with Crippen molar-refractivity contribution in [3.8, 4) is 0 Å². The molecule has 16 heavy (non-hydrogen) atoms. The predicted octanol–water partition coefficient (Wildman–Crippen LogP) is 2.88. The van der Waals surface area contributed by atoms with Crippen LogP contribution in [-0.2, 0) is 6.54 Å². The first kappa shape index (κ1) is 10.8. The monoisotopic (exact) mass is 237 g/mol. The van der Waals surface area contributed by atoms with Crippen LogP contribution < -0.4 is 5.32 Å². The van der Waals surface area contributed by atoms with Crippen molar-refractivity contribution in [2.45, 2.75) is 6.54 Å². The maximum Gasteiger partial charge on any atom is 0.223 e. The Morgan fingerprint density at radius 3 is 2.38 bits per heavy atom. The lowest BCUT2D eigenvalue weighted by molar-refractivity contribution is 0.614. The molecule has 0 radical (unpaired) electrons. The SMILES string of the molecule is Fc1cnc(NCc2ccc(Cl)cc2)nc1. The van der Waals surface area contributed by atoms with E-state index < -0.39 is 5.82 Å². The highest BCUT2D eigenvalue weighted by Gasteiger charge is 1.97. The summed E-state index contributed by atoms with van der Waals surface area (Å²) in [5.41, 5.74) is 1.05. The van der Waals surface area contributed by atoms with Gasteiger partial charge in [0, 0.05) is 11.6 Å². The Kier molecular flexibility index (Phi) is 3.31. The molecule has 82 valence electrons. The van der Waals surface area contributed by atoms with Crippen molar-refractivity contribution < 1.29 is 4.39 Å². The Bertz CT molecular complexity index is 410. The van der Waals surface area contributed by atoms with Crippen LogP contribution >= 0.6 is 11.6 Å². The van der Waals surface area contributed by atoms with Crippen LogP contribution in [-0.4, -0.2) is 9.97 Å². The molecule has 0 saturated heterocycles. The standard InChI is InChI=1S/C11H9ClFN3/c12-9-3-1-8(2-4-9)5-14-11-15-6-10(13)7-16-11/h1-4,6-7H,5H2,(H,14,15,16). The summed E-state index contributed by atoms with van der Waals surface area (Å²) < 4.78 is 12.5. The molecule has 3 nitrogen and oxygen atoms in total. The lowest BCUT2D eigenvalue weighted by Gasteiger charge is -2.04. The summed E-state index contributed by atoms with van der Waals surface area (Å²) in [5, 5.41) is 3.67. The molecule has 1 aromatic carbocycles. The first-order chi connectivity index (χ1) is 7.74. The van der Waals surface area contributed by atoms with E-state index >= 15 is 0 Å². The highest BCUT2D eigenvalue weighted by atomic mass is 35.5. The van der Waals surface area contributed by atoms with E-state index in [1.165, 1.54) is 0 Å². The van der Waals surface area contributed by atoms with E-state index in [4.69, 9.17) is 11.6 Å². The predicted molar refractivity (Wildman–Crippen MR) is 60.8 cm³/mol. The quantitative estimate of drug-likeness (QED) is 0.892. The zero-order chi connectivity index (χ0) is 11.4. The zero-order valence-electron chi connectivity index (χ0n) is 8.32. The minimum Gasteiger partial charge on any atom is -0.350 e. The average Bonchev–Trinajstić information content (AvgIpc) is 2.30. The number of anilines is 1. The van der Waals surface area contributed by atoms with Gasteiger partial charge in [-0.1, -0.05) is 23.7 Å². The van der Waals surface area contributed by atoms with Gasteiger partial charge in [-0.2, -0.15) is 0 Å². The first-order valence-electron chi connectivity index (χ1n) is 4.70. The van der Waals surface area contributed by atoms with Crippen molar-refractivity contribution in [1.82, 2.24) is 9.97 Å². The molecule has 0 fully saturated rings. The lowest BCUT2D eigenvalue weighted by Crippen LogP contribution is -2.03. The van der Waals surface area contributed by atoms with E-state index in [2.05, 4.69) is 15.3 Å². The van der Waals surface area contributed by atoms with Gasteiger partial charge >= 0.3 is 0 Å². The molecule has 5 heteroatoms. The van der Waals surface area contributed by atoms with Gasteiger partial charge in [-0.25, -0.2) is 14.4 Å². The molecule has 0 aliphatic rings. The molecule has 2 rings (SSSR count). The second-order valence-electron chi connectivity index (χ2n) is 3.20. The Labute approximate surface area is 97.3 Å². The van der Waals surface area contributed by atoms with E-state index in [-0.39, 0.29) is 0 Å². The summed E-state index contributed by atoms with van der Waals surface area (Å²) in [6, 6.07) is 7.42. The molecule has 0 spiro atoms. The van der Waals surface area contributed by atoms with Crippen LogP contribution in [0.3, 0.4) is 0 Å². The van der Waals surface area contributed by atoms with E-state index in [1.54, 1.807) is 0 Å². The molecule has 0 bridgehead atoms. The fraction of sp³-hybridized carbons (Fsp3) is 0.0909. The molecular formula is C11H9ClFN3. The first-order valence-corrected chi connectivity index (χ1v) is 5.08. The largest absolute Gasteiger partial charge is 0.350 e. The number of nitrogens with one attached hydrogen (secondary N) is 1. The molecule has 0 amide bonds. The molecule has 0 unspecified atom stereocenters. The molecule has 0 atom stereocenters. The molecule has 0 saturated carbocycles. The summed E-state index contributed by atoms with van der Waals surface area (Å²) in [5.74, 6) is -0.0478. The number of rotatable bonds is 3. The van der Waals surface area contributed by atoms with Crippen LogP contribution in [0.2, 0.25) is 5.02 Å². The van der Waals surface area contributed by atoms with Gasteiger partial charge in [0.15, 0.2) is 5.82 Å². The topological polar surface area (TPSA) is 37.8 Å². The second-order valence-corrected chi connectivity index (χ2v) is 3.64. The van der Waals surface area contributed by atoms with Crippen LogP contribution in [0.4, 0.5) is 10.3 Å². The fourth-order valence-electron chi connectivity index (χ4n) is 1.19. The van der Waals surface area contributed by atoms with Crippen LogP contribution in [0.1, 0.15) is 5.56 Å². The third kappa shape index (κ3) is 2.90. The normalized spacial score (nSPS) is 10.1. The van der Waals surface area contributed by atoms with Gasteiger partial charge in [-0.15, -0.1) is 0 Å². The van der Waals surface area contributed by atoms with E-state index in [1.807, 2.05) is 24.3 Å². The Balaban J connectivity index is 1.97. The van der Waals surface area contributed by atoms with Gasteiger partial charge in [0.1, 0.15) is 0 Å². The number of benzene rings is 1. The van der Waals surface area contributed by atoms with Crippen molar-refractivity contribution >= 4 is 17.5 Å². The Morgan fingerprint density at radius 2 is 1.75 bits per heavy atom. The summed E-state index contributed by atoms with van der Waals surface area (Å²) in [6.45, 7) is 0.572. The third-order valence-corrected chi connectivity index (χ3v) is 2.24. The van der Waals surface area contributed by atoms with Crippen molar-refractivity contribution in [3.63, 3.8) is 0 Å². The summed E-state index contributed by atoms with van der Waals surface area (Å²) in [7, 11) is 0. The minimum absolute atomic E-state index is 0.399. The number of hydrogen-bond acceptors (Lipinski definition) is 3. The van der Waals surface area contributed by atoms with Crippen molar-refractivity contribution in [2.75, 3.05) is 5.32 Å². The number of aromatic nitrogens is 2. The van der Waals surface area contributed by atoms with Crippen molar-refractivity contribution in [2.24, 2.45) is 0 Å². The van der Waals surface area contributed by atoms with Gasteiger partial charge in [-0.05, 0) is 17.7 Å². The molecule has 1 aromatic heterocycles. The summed E-state index contributed by atoms with van der Waals surface area (Å²) in [4.78, 5) is 7.58. The van der Waals surface area contributed by atoms with Crippen LogP contribution in [0, 0.1) is 5.82 Å². The Morgan fingerprint density at radius 1 is 1.12 bits per heavy atom. The van der Waals surface area contributed by atoms with Crippen LogP contribution in [0.25, 0.3) is 0 Å². The third-order valence-electron chi connectivity index (χ3n) is 1.98. The maximum atomic E-state index is 12.5. The molecule has 1 heterocycles. The number of halogens is 2. The molecular weight excluding hydrogens is 229 g/mol. The van der Waals surface area contributed by atoms with Gasteiger partial charge in [0.2, 0.25) is 5.95 Å². The van der Waals surface area contributed by atoms with E-state index in [0.29, 0.717) is 17.5 Å². The number of nitrogens with zero attached hydrogens (tertiary/aromatic N) is 2. The van der Waals surface area contributed by atoms with Crippen LogP contribution in [0.15, 0.2) is 36.7 Å². The smallest absolute Gasteiger partial charge is 0.223 e. The lowest BCUT2D eigenvalue weighted by atomic mass is 10.2. The van der Waals surface area contributed by atoms with Gasteiger partial charge < -0.3 is 5.32 Å². The van der Waals surface area contributed by atoms with Crippen molar-refractivity contribution in [3.05, 3.63) is 53.1 Å². The summed E-state index contributed by atoms with van der Waals surface area (Å²) in [6.07, 6.45) is 2.24. The van der Waals surface area contributed by atoms with Gasteiger partial charge in [0.05, 0.1) is 12.4 Å². The maximum absolute atomic E-state index is 12.5. The Hall–Kier alpha value is -1.68. The summed E-state index contributed by atoms with van der Waals surface area (Å²) >= 11 is 5.76. The second kappa shape index (κ2) is 4.90. The molecule has 0 aliphatic carbocycles. The van der Waals surface area contributed by atoms with Crippen LogP contribution in [0.5, 0.6) is 0 Å². The van der Waals surface area contributed by atoms with Crippen molar-refractivity contribution in [1.29, 1.82) is 0 Å². The highest BCUT2D eigenvalue weighted by Crippen LogP contribution is 2.10. The fourth-order valence-corrected chi connectivity index (χ4v) is 1.31. The van der Waals surface area contributed by atoms with Gasteiger partial charge in [-0.3, -0.25) is 0 Å². The van der Waals surface area contributed by atoms with E-state index in [9.17, 15) is 4.39 Å². The van der Waals surface area contributed by atoms with E-state index in [0.717, 1.165) is 18.0 Å². The average molecular weight is 238 g/mol. The molecule has 1 N–H and O–H groups in total. The minimum atomic E-state index is -0.447. The number of hydrogen-bond donors (Lipinski definition) is 1. The molecule has 0 aliphatic heterocycles. The zero-order valence-corrected chi connectivity index (χ0v) is 9.08.